The van der Waals surface area contributed by atoms with Gasteiger partial charge in [-0.2, -0.15) is 0 Å². The highest BCUT2D eigenvalue weighted by molar-refractivity contribution is 7.15. The highest BCUT2D eigenvalue weighted by atomic mass is 35.5. The highest BCUT2D eigenvalue weighted by Crippen LogP contribution is 2.20. The number of aromatic nitrogens is 2. The molecule has 1 aromatic heterocycles. The van der Waals surface area contributed by atoms with Gasteiger partial charge in [-0.1, -0.05) is 23.5 Å². The van der Waals surface area contributed by atoms with Gasteiger partial charge in [-0.15, -0.1) is 21.8 Å². The van der Waals surface area contributed by atoms with Crippen LogP contribution in [0.25, 0.3) is 0 Å². The minimum absolute atomic E-state index is 0.146. The highest BCUT2D eigenvalue weighted by Gasteiger charge is 2.08. The van der Waals surface area contributed by atoms with Gasteiger partial charge in [0.2, 0.25) is 11.0 Å². The molecule has 0 fully saturated rings. The van der Waals surface area contributed by atoms with Crippen molar-refractivity contribution in [2.24, 2.45) is 0 Å². The molecule has 0 unspecified atom stereocenters. The first-order valence-electron chi connectivity index (χ1n) is 6.02. The van der Waals surface area contributed by atoms with Crippen LogP contribution in [0.1, 0.15) is 17.0 Å². The Labute approximate surface area is 125 Å². The Morgan fingerprint density at radius 2 is 2.10 bits per heavy atom. The van der Waals surface area contributed by atoms with Crippen molar-refractivity contribution in [3.63, 3.8) is 0 Å². The maximum absolute atomic E-state index is 11.4. The number of benzene rings is 1. The van der Waals surface area contributed by atoms with E-state index in [9.17, 15) is 4.79 Å². The van der Waals surface area contributed by atoms with E-state index in [1.807, 2.05) is 24.3 Å². The fourth-order valence-electron chi connectivity index (χ4n) is 1.56. The fraction of sp³-hybridized carbons (Fsp3) is 0.308. The first-order chi connectivity index (χ1) is 9.71. The summed E-state index contributed by atoms with van der Waals surface area (Å²) in [6, 6.07) is 7.76. The predicted molar refractivity (Wildman–Crippen MR) is 79.7 cm³/mol. The summed E-state index contributed by atoms with van der Waals surface area (Å²) in [5, 5.41) is 12.0. The van der Waals surface area contributed by atoms with E-state index in [4.69, 9.17) is 16.3 Å². The molecule has 0 aliphatic carbocycles. The number of nitrogens with zero attached hydrogens (tertiary/aromatic N) is 2. The number of methoxy groups -OCH3 is 1. The lowest BCUT2D eigenvalue weighted by atomic mass is 10.1. The summed E-state index contributed by atoms with van der Waals surface area (Å²) in [5.41, 5.74) is 1.11. The Hall–Kier alpha value is -1.66. The van der Waals surface area contributed by atoms with Gasteiger partial charge in [0, 0.05) is 18.7 Å². The number of hydrogen-bond acceptors (Lipinski definition) is 5. The SMILES string of the molecule is COc1ccc(Cc2nnc(NC(=O)CCCl)s2)cc1. The number of carbonyl (C=O) groups is 1. The number of hydrogen-bond donors (Lipinski definition) is 1. The molecule has 0 bridgehead atoms. The molecule has 0 aliphatic heterocycles. The molecule has 0 radical (unpaired) electrons. The third-order valence-electron chi connectivity index (χ3n) is 2.55. The lowest BCUT2D eigenvalue weighted by Crippen LogP contribution is -2.11. The van der Waals surface area contributed by atoms with E-state index in [2.05, 4.69) is 15.5 Å². The van der Waals surface area contributed by atoms with Crippen molar-refractivity contribution in [1.29, 1.82) is 0 Å². The van der Waals surface area contributed by atoms with Gasteiger partial charge in [0.25, 0.3) is 0 Å². The van der Waals surface area contributed by atoms with Gasteiger partial charge in [0.15, 0.2) is 0 Å². The Morgan fingerprint density at radius 3 is 2.75 bits per heavy atom. The summed E-state index contributed by atoms with van der Waals surface area (Å²) in [6.45, 7) is 0. The van der Waals surface area contributed by atoms with Crippen LogP contribution < -0.4 is 10.1 Å². The third kappa shape index (κ3) is 4.18. The van der Waals surface area contributed by atoms with Gasteiger partial charge in [0.1, 0.15) is 10.8 Å². The van der Waals surface area contributed by atoms with Crippen molar-refractivity contribution in [3.05, 3.63) is 34.8 Å². The summed E-state index contributed by atoms with van der Waals surface area (Å²) in [5.74, 6) is 0.968. The maximum Gasteiger partial charge on any atom is 0.227 e. The summed E-state index contributed by atoms with van der Waals surface area (Å²) in [4.78, 5) is 11.4. The van der Waals surface area contributed by atoms with Crippen molar-refractivity contribution in [2.45, 2.75) is 12.8 Å². The number of ether oxygens (including phenoxy) is 1. The first-order valence-corrected chi connectivity index (χ1v) is 7.37. The lowest BCUT2D eigenvalue weighted by molar-refractivity contribution is -0.115. The minimum Gasteiger partial charge on any atom is -0.497 e. The third-order valence-corrected chi connectivity index (χ3v) is 3.58. The average molecular weight is 312 g/mol. The number of nitrogens with one attached hydrogen (secondary N) is 1. The molecular weight excluding hydrogens is 298 g/mol. The van der Waals surface area contributed by atoms with Crippen molar-refractivity contribution < 1.29 is 9.53 Å². The largest absolute Gasteiger partial charge is 0.497 e. The van der Waals surface area contributed by atoms with Crippen LogP contribution in [0.4, 0.5) is 5.13 Å². The topological polar surface area (TPSA) is 64.1 Å². The normalized spacial score (nSPS) is 10.3. The van der Waals surface area contributed by atoms with Crippen LogP contribution in [0.5, 0.6) is 5.75 Å². The number of amides is 1. The number of halogens is 1. The molecule has 1 amide bonds. The molecule has 1 N–H and O–H groups in total. The number of anilines is 1. The molecule has 0 saturated carbocycles. The summed E-state index contributed by atoms with van der Waals surface area (Å²) in [7, 11) is 1.63. The monoisotopic (exact) mass is 311 g/mol. The Kier molecular flexibility index (Phi) is 5.31. The summed E-state index contributed by atoms with van der Waals surface area (Å²) >= 11 is 6.86. The zero-order valence-electron chi connectivity index (χ0n) is 10.9. The van der Waals surface area contributed by atoms with Crippen molar-refractivity contribution in [3.8, 4) is 5.75 Å². The van der Waals surface area contributed by atoms with E-state index < -0.39 is 0 Å². The molecule has 106 valence electrons. The van der Waals surface area contributed by atoms with Gasteiger partial charge in [-0.05, 0) is 17.7 Å². The molecule has 2 rings (SSSR count). The van der Waals surface area contributed by atoms with Crippen LogP contribution in [-0.4, -0.2) is 29.1 Å². The zero-order valence-corrected chi connectivity index (χ0v) is 12.5. The van der Waals surface area contributed by atoms with Crippen LogP contribution in [-0.2, 0) is 11.2 Å². The smallest absolute Gasteiger partial charge is 0.227 e. The Morgan fingerprint density at radius 1 is 1.35 bits per heavy atom. The molecule has 1 aromatic carbocycles. The van der Waals surface area contributed by atoms with Gasteiger partial charge < -0.3 is 10.1 Å². The predicted octanol–water partition coefficient (Wildman–Crippen LogP) is 2.70. The van der Waals surface area contributed by atoms with Crippen molar-refractivity contribution in [2.75, 3.05) is 18.3 Å². The molecule has 1 heterocycles. The summed E-state index contributed by atoms with van der Waals surface area (Å²) in [6.07, 6.45) is 0.946. The van der Waals surface area contributed by atoms with Crippen LogP contribution in [0.3, 0.4) is 0 Å². The molecule has 20 heavy (non-hydrogen) atoms. The van der Waals surface area contributed by atoms with Crippen LogP contribution >= 0.6 is 22.9 Å². The second-order valence-electron chi connectivity index (χ2n) is 4.01. The van der Waals surface area contributed by atoms with E-state index >= 15 is 0 Å². The second kappa shape index (κ2) is 7.21. The zero-order chi connectivity index (χ0) is 14.4. The Bertz CT molecular complexity index is 571. The Balaban J connectivity index is 1.96. The van der Waals surface area contributed by atoms with Crippen LogP contribution in [0, 0.1) is 0 Å². The van der Waals surface area contributed by atoms with Gasteiger partial charge in [0.05, 0.1) is 7.11 Å². The molecule has 0 atom stereocenters. The number of rotatable bonds is 6. The van der Waals surface area contributed by atoms with E-state index in [1.54, 1.807) is 7.11 Å². The van der Waals surface area contributed by atoms with Crippen molar-refractivity contribution in [1.82, 2.24) is 10.2 Å². The van der Waals surface area contributed by atoms with Crippen LogP contribution in [0.15, 0.2) is 24.3 Å². The van der Waals surface area contributed by atoms with Crippen molar-refractivity contribution >= 4 is 34.0 Å². The fourth-order valence-corrected chi connectivity index (χ4v) is 2.52. The molecule has 5 nitrogen and oxygen atoms in total. The molecule has 2 aromatic rings. The quantitative estimate of drug-likeness (QED) is 0.833. The molecule has 0 spiro atoms. The first kappa shape index (κ1) is 14.7. The van der Waals surface area contributed by atoms with E-state index in [0.717, 1.165) is 16.3 Å². The van der Waals surface area contributed by atoms with E-state index in [-0.39, 0.29) is 12.3 Å². The average Bonchev–Trinajstić information content (AvgIpc) is 2.87. The summed E-state index contributed by atoms with van der Waals surface area (Å²) < 4.78 is 5.11. The molecule has 0 aliphatic rings. The van der Waals surface area contributed by atoms with Gasteiger partial charge in [-0.3, -0.25) is 4.79 Å². The minimum atomic E-state index is -0.146. The number of carbonyl (C=O) groups excluding carboxylic acids is 1. The molecule has 7 heteroatoms. The number of alkyl halides is 1. The maximum atomic E-state index is 11.4. The van der Waals surface area contributed by atoms with E-state index in [0.29, 0.717) is 17.4 Å². The standard InChI is InChI=1S/C13H14ClN3O2S/c1-19-10-4-2-9(3-5-10)8-12-16-17-13(20-12)15-11(18)6-7-14/h2-5H,6-8H2,1H3,(H,15,17,18). The molecule has 0 saturated heterocycles. The lowest BCUT2D eigenvalue weighted by Gasteiger charge is -2.01. The second-order valence-corrected chi connectivity index (χ2v) is 5.45. The van der Waals surface area contributed by atoms with Crippen LogP contribution in [0.2, 0.25) is 0 Å². The van der Waals surface area contributed by atoms with E-state index in [1.165, 1.54) is 11.3 Å². The van der Waals surface area contributed by atoms with Gasteiger partial charge in [-0.25, -0.2) is 0 Å². The van der Waals surface area contributed by atoms with Gasteiger partial charge >= 0.3 is 0 Å². The molecular formula is C13H14ClN3O2S.